The number of fused-ring (bicyclic) bond motifs is 5. The van der Waals surface area contributed by atoms with Crippen LogP contribution in [-0.2, 0) is 36.2 Å². The van der Waals surface area contributed by atoms with Crippen LogP contribution in [0.15, 0.2) is 109 Å². The molecule has 7 rings (SSSR count). The molecular formula is C35H33Cl2NSiZr-4. The summed E-state index contributed by atoms with van der Waals surface area (Å²) in [6.07, 6.45) is 4.10. The largest absolute Gasteiger partial charge is 0.179 e. The van der Waals surface area contributed by atoms with Crippen LogP contribution < -0.4 is 0 Å². The predicted molar refractivity (Wildman–Crippen MR) is 176 cm³/mol. The molecule has 0 fully saturated rings. The standard InChI is InChI=1S/C20H16N.C13H9.2CH3.2ClH.Si.Zr/c1-2-14-10-15-7-5-8-18(19(15)11-14)17-12-16-6-3-4-9-20(16)21-13-17;1-3-7-12-10(5-1)9-11-6-2-4-8-13(11)12;;;;;;/h3-13H,2H2,1H3;1-5,7-8H,9H2;2*1H3;2*1H;;/q4*-1;;;;. The summed E-state index contributed by atoms with van der Waals surface area (Å²) < 4.78 is 0. The Kier molecular flexibility index (Phi) is 14.9. The van der Waals surface area contributed by atoms with Crippen molar-refractivity contribution < 1.29 is 23.3 Å². The Morgan fingerprint density at radius 2 is 1.52 bits per heavy atom. The Bertz CT molecular complexity index is 1620. The number of aryl methyl sites for hydroxylation is 1. The van der Waals surface area contributed by atoms with Crippen LogP contribution >= 0.6 is 24.8 Å². The number of halogens is 2. The van der Waals surface area contributed by atoms with Crippen molar-refractivity contribution in [1.82, 2.24) is 4.98 Å². The molecule has 0 amide bonds. The molecule has 0 spiro atoms. The zero-order chi connectivity index (χ0) is 24.9. The van der Waals surface area contributed by atoms with Gasteiger partial charge in [0, 0.05) is 11.6 Å². The molecule has 0 aliphatic heterocycles. The second kappa shape index (κ2) is 16.7. The summed E-state index contributed by atoms with van der Waals surface area (Å²) in [5, 5.41) is 3.83. The zero-order valence-corrected chi connectivity index (χ0v) is 28.2. The average Bonchev–Trinajstić information content (AvgIpc) is 3.55. The Morgan fingerprint density at radius 1 is 0.825 bits per heavy atom. The van der Waals surface area contributed by atoms with Crippen molar-refractivity contribution in [3.63, 3.8) is 0 Å². The summed E-state index contributed by atoms with van der Waals surface area (Å²) >= 11 is 1.36. The van der Waals surface area contributed by atoms with Gasteiger partial charge in [-0.25, -0.2) is 0 Å². The average molecular weight is 658 g/mol. The summed E-state index contributed by atoms with van der Waals surface area (Å²) in [5.74, 6) is 0. The van der Waals surface area contributed by atoms with Gasteiger partial charge in [0.05, 0.1) is 5.52 Å². The van der Waals surface area contributed by atoms with E-state index in [1.54, 1.807) is 0 Å². The van der Waals surface area contributed by atoms with Gasteiger partial charge in [0.1, 0.15) is 0 Å². The van der Waals surface area contributed by atoms with Gasteiger partial charge in [-0.1, -0.05) is 72.1 Å². The van der Waals surface area contributed by atoms with Gasteiger partial charge in [-0.05, 0) is 30.5 Å². The number of benzene rings is 4. The van der Waals surface area contributed by atoms with Crippen molar-refractivity contribution in [3.05, 3.63) is 147 Å². The van der Waals surface area contributed by atoms with Crippen LogP contribution in [0.1, 0.15) is 23.6 Å². The third-order valence-electron chi connectivity index (χ3n) is 6.74. The maximum atomic E-state index is 4.59. The third kappa shape index (κ3) is 7.45. The SMILES string of the molecule is CCc1cc2c(-c3cnc4ccccc4c3)cccc2[cH-]1.Cl.Cl.[CH3-].[CH3-].[Si]=[Zr].[c-]1cccc2c1Cc1ccccc1-2. The molecule has 0 bridgehead atoms. The molecule has 6 aromatic rings. The number of hydrogen-bond donors (Lipinski definition) is 0. The number of para-hydroxylation sites is 1. The van der Waals surface area contributed by atoms with E-state index in [0.717, 1.165) is 18.4 Å². The van der Waals surface area contributed by atoms with Crippen molar-refractivity contribution in [2.24, 2.45) is 0 Å². The number of aromatic nitrogens is 1. The summed E-state index contributed by atoms with van der Waals surface area (Å²) in [6.45, 7) is 5.26. The van der Waals surface area contributed by atoms with Gasteiger partial charge < -0.3 is 14.9 Å². The molecule has 1 heterocycles. The van der Waals surface area contributed by atoms with Crippen molar-refractivity contribution in [3.8, 4) is 22.3 Å². The molecule has 0 saturated heterocycles. The van der Waals surface area contributed by atoms with E-state index in [9.17, 15) is 0 Å². The van der Waals surface area contributed by atoms with Gasteiger partial charge in [0.15, 0.2) is 0 Å². The smallest absolute Gasteiger partial charge is 0.0253 e. The Morgan fingerprint density at radius 3 is 2.33 bits per heavy atom. The second-order valence-electron chi connectivity index (χ2n) is 8.84. The van der Waals surface area contributed by atoms with E-state index in [4.69, 9.17) is 0 Å². The molecule has 5 aromatic carbocycles. The second-order valence-corrected chi connectivity index (χ2v) is 8.84. The van der Waals surface area contributed by atoms with Crippen LogP contribution in [0.25, 0.3) is 43.9 Å². The monoisotopic (exact) mass is 655 g/mol. The van der Waals surface area contributed by atoms with E-state index in [0.29, 0.717) is 0 Å². The van der Waals surface area contributed by atoms with E-state index in [-0.39, 0.29) is 39.7 Å². The Labute approximate surface area is 268 Å². The van der Waals surface area contributed by atoms with Crippen molar-refractivity contribution >= 4 is 53.4 Å². The molecule has 0 unspecified atom stereocenters. The summed E-state index contributed by atoms with van der Waals surface area (Å²) in [6, 6.07) is 39.7. The van der Waals surface area contributed by atoms with Crippen LogP contribution in [0.3, 0.4) is 0 Å². The van der Waals surface area contributed by atoms with E-state index >= 15 is 0 Å². The minimum Gasteiger partial charge on any atom is -0.179 e. The molecular weight excluding hydrogens is 625 g/mol. The van der Waals surface area contributed by atoms with Crippen LogP contribution in [-0.4, -0.2) is 11.9 Å². The molecule has 2 radical (unpaired) electrons. The molecule has 40 heavy (non-hydrogen) atoms. The van der Waals surface area contributed by atoms with Gasteiger partial charge >= 0.3 is 30.2 Å². The molecule has 0 saturated carbocycles. The first-order valence-electron chi connectivity index (χ1n) is 12.2. The van der Waals surface area contributed by atoms with Crippen LogP contribution in [0.5, 0.6) is 0 Å². The maximum absolute atomic E-state index is 4.59. The fourth-order valence-electron chi connectivity index (χ4n) is 4.97. The maximum Gasteiger partial charge on any atom is -0.0253 e. The minimum atomic E-state index is 0. The molecule has 1 aliphatic carbocycles. The van der Waals surface area contributed by atoms with E-state index in [1.807, 2.05) is 18.3 Å². The molecule has 1 aromatic heterocycles. The van der Waals surface area contributed by atoms with E-state index in [2.05, 4.69) is 116 Å². The van der Waals surface area contributed by atoms with Crippen molar-refractivity contribution in [2.45, 2.75) is 19.8 Å². The van der Waals surface area contributed by atoms with E-state index in [1.165, 1.54) is 78.4 Å². The number of pyridine rings is 1. The molecule has 1 nitrogen and oxygen atoms in total. The number of nitrogens with zero attached hydrogens (tertiary/aromatic N) is 1. The van der Waals surface area contributed by atoms with Crippen LogP contribution in [0.2, 0.25) is 0 Å². The summed E-state index contributed by atoms with van der Waals surface area (Å²) in [7, 11) is 0. The Balaban J connectivity index is 0.000000369. The molecule has 204 valence electrons. The fourth-order valence-corrected chi connectivity index (χ4v) is 4.97. The van der Waals surface area contributed by atoms with Gasteiger partial charge in [-0.2, -0.15) is 35.9 Å². The minimum absolute atomic E-state index is 0. The topological polar surface area (TPSA) is 12.9 Å². The Hall–Kier alpha value is -2.42. The van der Waals surface area contributed by atoms with Gasteiger partial charge in [0.2, 0.25) is 0 Å². The molecule has 5 heteroatoms. The van der Waals surface area contributed by atoms with Gasteiger partial charge in [0.25, 0.3) is 0 Å². The quantitative estimate of drug-likeness (QED) is 0.133. The molecule has 1 aliphatic rings. The fraction of sp³-hybridized carbons (Fsp3) is 0.0857. The van der Waals surface area contributed by atoms with Crippen LogP contribution in [0.4, 0.5) is 0 Å². The summed E-state index contributed by atoms with van der Waals surface area (Å²) in [4.78, 5) is 4.59. The normalized spacial score (nSPS) is 10.0. The van der Waals surface area contributed by atoms with Crippen molar-refractivity contribution in [1.29, 1.82) is 0 Å². The molecule has 0 N–H and O–H groups in total. The first kappa shape index (κ1) is 35.6. The number of hydrogen-bond acceptors (Lipinski definition) is 1. The van der Waals surface area contributed by atoms with Gasteiger partial charge in [-0.15, -0.1) is 64.9 Å². The zero-order valence-electron chi connectivity index (χ0n) is 23.1. The van der Waals surface area contributed by atoms with Crippen molar-refractivity contribution in [2.75, 3.05) is 0 Å². The summed E-state index contributed by atoms with van der Waals surface area (Å²) in [5.41, 5.74) is 10.4. The molecule has 0 atom stereocenters. The predicted octanol–water partition coefficient (Wildman–Crippen LogP) is 9.76. The van der Waals surface area contributed by atoms with Crippen LogP contribution in [0, 0.1) is 20.9 Å². The van der Waals surface area contributed by atoms with E-state index < -0.39 is 0 Å². The number of rotatable bonds is 2. The first-order chi connectivity index (χ1) is 17.8. The third-order valence-corrected chi connectivity index (χ3v) is 6.74. The first-order valence-corrected chi connectivity index (χ1v) is 16.4. The van der Waals surface area contributed by atoms with Gasteiger partial charge in [-0.3, -0.25) is 4.98 Å².